The van der Waals surface area contributed by atoms with Crippen LogP contribution in [0, 0.1) is 6.92 Å². The minimum absolute atomic E-state index is 0.590. The molecule has 1 fully saturated rings. The molecule has 0 bridgehead atoms. The Hall–Kier alpha value is -1.49. The van der Waals surface area contributed by atoms with Crippen molar-refractivity contribution in [3.8, 4) is 0 Å². The summed E-state index contributed by atoms with van der Waals surface area (Å²) < 4.78 is 2.44. The summed E-state index contributed by atoms with van der Waals surface area (Å²) in [6.45, 7) is 2.11. The number of thioether (sulfide) groups is 1. The van der Waals surface area contributed by atoms with Gasteiger partial charge in [0.15, 0.2) is 0 Å². The maximum Gasteiger partial charge on any atom is 0.139 e. The van der Waals surface area contributed by atoms with Crippen LogP contribution in [0.3, 0.4) is 0 Å². The topological polar surface area (TPSA) is 46.5 Å². The number of fused-ring (bicyclic) bond motifs is 3. The Bertz CT molecular complexity index is 736. The normalized spacial score (nSPS) is 17.5. The number of hydrogen-bond acceptors (Lipinski definition) is 3. The quantitative estimate of drug-likeness (QED) is 0.739. The van der Waals surface area contributed by atoms with E-state index < -0.39 is 0 Å². The van der Waals surface area contributed by atoms with Crippen LogP contribution in [0.2, 0.25) is 0 Å². The lowest BCUT2D eigenvalue weighted by molar-refractivity contribution is 0.472. The molecule has 98 valence electrons. The number of rotatable bonds is 1. The van der Waals surface area contributed by atoms with Crippen molar-refractivity contribution < 1.29 is 0 Å². The Kier molecular flexibility index (Phi) is 2.55. The van der Waals surface area contributed by atoms with E-state index in [0.29, 0.717) is 6.04 Å². The van der Waals surface area contributed by atoms with Gasteiger partial charge in [0, 0.05) is 17.6 Å². The van der Waals surface area contributed by atoms with Crippen LogP contribution in [-0.2, 0) is 0 Å². The summed E-state index contributed by atoms with van der Waals surface area (Å²) >= 11 is 2.06. The van der Waals surface area contributed by atoms with Crippen molar-refractivity contribution in [2.75, 3.05) is 11.5 Å². The van der Waals surface area contributed by atoms with Gasteiger partial charge >= 0.3 is 0 Å². The summed E-state index contributed by atoms with van der Waals surface area (Å²) in [5, 5.41) is 1.19. The van der Waals surface area contributed by atoms with E-state index in [0.717, 1.165) is 17.0 Å². The van der Waals surface area contributed by atoms with E-state index in [4.69, 9.17) is 4.98 Å². The molecule has 0 radical (unpaired) electrons. The van der Waals surface area contributed by atoms with Crippen molar-refractivity contribution in [3.05, 3.63) is 24.3 Å². The Morgan fingerprint density at radius 1 is 1.37 bits per heavy atom. The Morgan fingerprint density at radius 3 is 3.05 bits per heavy atom. The number of aryl methyl sites for hydroxylation is 1. The molecule has 0 unspecified atom stereocenters. The van der Waals surface area contributed by atoms with Gasteiger partial charge < -0.3 is 9.55 Å². The molecule has 1 aliphatic heterocycles. The summed E-state index contributed by atoms with van der Waals surface area (Å²) in [6.07, 6.45) is 6.33. The molecule has 5 heteroatoms. The van der Waals surface area contributed by atoms with Gasteiger partial charge in [0.25, 0.3) is 0 Å². The number of nitrogens with one attached hydrogen (secondary N) is 1. The van der Waals surface area contributed by atoms with Gasteiger partial charge in [0.05, 0.1) is 11.7 Å². The average Bonchev–Trinajstić information content (AvgIpc) is 3.02. The van der Waals surface area contributed by atoms with Gasteiger partial charge in [-0.3, -0.25) is 0 Å². The lowest BCUT2D eigenvalue weighted by atomic mass is 10.1. The fraction of sp³-hybridized carbons (Fsp3) is 0.429. The van der Waals surface area contributed by atoms with Crippen molar-refractivity contribution in [1.82, 2.24) is 19.5 Å². The predicted octanol–water partition coefficient (Wildman–Crippen LogP) is 3.29. The summed E-state index contributed by atoms with van der Waals surface area (Å²) in [5.74, 6) is 3.62. The molecule has 0 spiro atoms. The Labute approximate surface area is 115 Å². The van der Waals surface area contributed by atoms with Crippen molar-refractivity contribution in [2.45, 2.75) is 25.8 Å². The van der Waals surface area contributed by atoms with Gasteiger partial charge in [-0.15, -0.1) is 0 Å². The van der Waals surface area contributed by atoms with Crippen LogP contribution in [0.1, 0.15) is 24.7 Å². The van der Waals surface area contributed by atoms with Gasteiger partial charge in [0.1, 0.15) is 17.0 Å². The number of nitrogens with zero attached hydrogens (tertiary/aromatic N) is 3. The van der Waals surface area contributed by atoms with Crippen LogP contribution in [-0.4, -0.2) is 31.0 Å². The first kappa shape index (κ1) is 11.3. The largest absolute Gasteiger partial charge is 0.346 e. The molecular formula is C14H16N4S. The van der Waals surface area contributed by atoms with E-state index in [1.807, 2.05) is 12.4 Å². The van der Waals surface area contributed by atoms with Crippen LogP contribution in [0.25, 0.3) is 22.1 Å². The van der Waals surface area contributed by atoms with Crippen LogP contribution >= 0.6 is 11.8 Å². The van der Waals surface area contributed by atoms with E-state index in [9.17, 15) is 0 Å². The third-order valence-corrected chi connectivity index (χ3v) is 5.02. The second kappa shape index (κ2) is 4.27. The molecule has 4 rings (SSSR count). The van der Waals surface area contributed by atoms with E-state index in [1.165, 1.54) is 35.3 Å². The molecule has 0 saturated carbocycles. The Balaban J connectivity index is 2.01. The molecule has 3 aromatic heterocycles. The highest BCUT2D eigenvalue weighted by atomic mass is 32.2. The van der Waals surface area contributed by atoms with Gasteiger partial charge in [-0.1, -0.05) is 0 Å². The number of imidazole rings is 1. The summed E-state index contributed by atoms with van der Waals surface area (Å²) in [6, 6.07) is 2.70. The molecule has 19 heavy (non-hydrogen) atoms. The monoisotopic (exact) mass is 272 g/mol. The third kappa shape index (κ3) is 1.68. The number of aromatic nitrogens is 4. The molecule has 4 nitrogen and oxygen atoms in total. The van der Waals surface area contributed by atoms with Crippen molar-refractivity contribution in [2.24, 2.45) is 0 Å². The zero-order valence-electron chi connectivity index (χ0n) is 10.9. The van der Waals surface area contributed by atoms with Crippen LogP contribution in [0.5, 0.6) is 0 Å². The molecule has 3 aromatic rings. The van der Waals surface area contributed by atoms with E-state index in [1.54, 1.807) is 0 Å². The van der Waals surface area contributed by atoms with E-state index >= 15 is 0 Å². The van der Waals surface area contributed by atoms with Crippen molar-refractivity contribution >= 4 is 33.8 Å². The van der Waals surface area contributed by atoms with Crippen LogP contribution < -0.4 is 0 Å². The second-order valence-corrected chi connectivity index (χ2v) is 6.33. The third-order valence-electron chi connectivity index (χ3n) is 3.97. The maximum absolute atomic E-state index is 4.70. The van der Waals surface area contributed by atoms with Crippen LogP contribution in [0.4, 0.5) is 0 Å². The van der Waals surface area contributed by atoms with Crippen molar-refractivity contribution in [3.63, 3.8) is 0 Å². The van der Waals surface area contributed by atoms with Crippen LogP contribution in [0.15, 0.2) is 18.5 Å². The zero-order valence-corrected chi connectivity index (χ0v) is 11.7. The number of aromatic amines is 1. The number of H-pyrrole nitrogens is 1. The lowest BCUT2D eigenvalue weighted by Gasteiger charge is -2.24. The molecule has 0 amide bonds. The first-order valence-electron chi connectivity index (χ1n) is 6.73. The predicted molar refractivity (Wildman–Crippen MR) is 79.7 cm³/mol. The molecule has 1 aliphatic rings. The first-order valence-corrected chi connectivity index (χ1v) is 7.88. The van der Waals surface area contributed by atoms with Crippen molar-refractivity contribution in [1.29, 1.82) is 0 Å². The molecule has 4 heterocycles. The maximum atomic E-state index is 4.70. The number of pyridine rings is 1. The standard InChI is InChI=1S/C14H16N4S/c1-9-17-12-8-16-14-11(2-5-15-14)13(12)18(9)10-3-6-19-7-4-10/h2,5,8,10H,3-4,6-7H2,1H3,(H,15,16). The zero-order chi connectivity index (χ0) is 12.8. The highest BCUT2D eigenvalue weighted by Crippen LogP contribution is 2.33. The first-order chi connectivity index (χ1) is 9.34. The SMILES string of the molecule is Cc1nc2cnc3[nH]ccc3c2n1C1CCSCC1. The summed E-state index contributed by atoms with van der Waals surface area (Å²) in [7, 11) is 0. The van der Waals surface area contributed by atoms with E-state index in [-0.39, 0.29) is 0 Å². The minimum Gasteiger partial charge on any atom is -0.346 e. The van der Waals surface area contributed by atoms with Gasteiger partial charge in [-0.05, 0) is 37.3 Å². The average molecular weight is 272 g/mol. The second-order valence-electron chi connectivity index (χ2n) is 5.10. The van der Waals surface area contributed by atoms with Gasteiger partial charge in [-0.25, -0.2) is 9.97 Å². The molecule has 0 aromatic carbocycles. The summed E-state index contributed by atoms with van der Waals surface area (Å²) in [5.41, 5.74) is 3.22. The molecule has 1 saturated heterocycles. The fourth-order valence-corrected chi connectivity index (χ4v) is 4.18. The molecular weight excluding hydrogens is 256 g/mol. The highest BCUT2D eigenvalue weighted by molar-refractivity contribution is 7.99. The molecule has 0 aliphatic carbocycles. The smallest absolute Gasteiger partial charge is 0.139 e. The lowest BCUT2D eigenvalue weighted by Crippen LogP contribution is -2.16. The molecule has 1 N–H and O–H groups in total. The van der Waals surface area contributed by atoms with Gasteiger partial charge in [-0.2, -0.15) is 11.8 Å². The minimum atomic E-state index is 0.590. The summed E-state index contributed by atoms with van der Waals surface area (Å²) in [4.78, 5) is 12.3. The highest BCUT2D eigenvalue weighted by Gasteiger charge is 2.21. The Morgan fingerprint density at radius 2 is 2.21 bits per heavy atom. The molecule has 0 atom stereocenters. The number of hydrogen-bond donors (Lipinski definition) is 1. The fourth-order valence-electron chi connectivity index (χ4n) is 3.10. The van der Waals surface area contributed by atoms with E-state index in [2.05, 4.69) is 39.3 Å². The van der Waals surface area contributed by atoms with Gasteiger partial charge in [0.2, 0.25) is 0 Å².